The monoisotopic (exact) mass is 721 g/mol. The first-order chi connectivity index (χ1) is 34.7. The summed E-state index contributed by atoms with van der Waals surface area (Å²) < 4.78 is 167. The molecule has 0 unspecified atom stereocenters. The van der Waals surface area contributed by atoms with Crippen molar-refractivity contribution in [2.75, 3.05) is 0 Å². The molecule has 0 aliphatic heterocycles. The lowest BCUT2D eigenvalue weighted by molar-refractivity contribution is 0.669. The van der Waals surface area contributed by atoms with Gasteiger partial charge in [0.2, 0.25) is 0 Å². The van der Waals surface area contributed by atoms with E-state index in [0.717, 1.165) is 17.2 Å². The minimum atomic E-state index is -0.900. The fraction of sp³-hybridized carbons (Fsp3) is 0. The Balaban J connectivity index is 1.24. The van der Waals surface area contributed by atoms with Crippen molar-refractivity contribution in [3.8, 4) is 78.7 Å². The molecule has 2 aromatic heterocycles. The Hall–Kier alpha value is -7.43. The third-order valence-electron chi connectivity index (χ3n) is 8.73. The Bertz CT molecular complexity index is 3850. The smallest absolute Gasteiger partial charge is 0.164 e. The molecule has 0 bridgehead atoms. The molecule has 0 aliphatic rings. The quantitative estimate of drug-likeness (QED) is 0.164. The number of nitrogens with zero attached hydrogens (tertiary/aromatic N) is 3. The Morgan fingerprint density at radius 3 is 1.40 bits per heavy atom. The zero-order chi connectivity index (χ0) is 52.2. The van der Waals surface area contributed by atoms with E-state index in [1.807, 2.05) is 60.7 Å². The van der Waals surface area contributed by atoms with Gasteiger partial charge in [-0.25, -0.2) is 15.0 Å². The van der Waals surface area contributed by atoms with E-state index < -0.39 is 142 Å². The lowest BCUT2D eigenvalue weighted by Crippen LogP contribution is -2.00. The Kier molecular flexibility index (Phi) is 4.67. The van der Waals surface area contributed by atoms with Crippen LogP contribution in [0.25, 0.3) is 101 Å². The van der Waals surface area contributed by atoms with Gasteiger partial charge in [0.25, 0.3) is 0 Å². The number of benzene rings is 8. The SMILES string of the molecule is [2H]c1c([2H])c([2H])c(-c2c([2H])c(-c3cc([2H])c4oc5c([2H])c(-c6nc(-c7ccccc7)nc(-c7ccc(-c8ccccc8)cc7)n6)c([2H])c([2H])c5c4c3[2H])c([2H])c(-c3c([2H])c([2H])c([2H])c([2H])c3[2H])c2[2H])c([2H])c1[2H]. The summed E-state index contributed by atoms with van der Waals surface area (Å²) in [5.74, 6) is 0.219. The maximum absolute atomic E-state index is 9.69. The number of hydrogen-bond acceptors (Lipinski definition) is 4. The molecule has 8 aromatic carbocycles. The fourth-order valence-corrected chi connectivity index (χ4v) is 6.06. The summed E-state index contributed by atoms with van der Waals surface area (Å²) in [5.41, 5.74) is -1.71. The zero-order valence-corrected chi connectivity index (χ0v) is 28.4. The minimum absolute atomic E-state index is 0.159. The second-order valence-corrected chi connectivity index (χ2v) is 12.2. The molecule has 4 heteroatoms. The number of aromatic nitrogens is 3. The van der Waals surface area contributed by atoms with Gasteiger partial charge in [0, 0.05) is 27.5 Å². The topological polar surface area (TPSA) is 51.8 Å². The van der Waals surface area contributed by atoms with Gasteiger partial charge >= 0.3 is 0 Å². The highest BCUT2D eigenvalue weighted by molar-refractivity contribution is 6.07. The van der Waals surface area contributed by atoms with Crippen LogP contribution >= 0.6 is 0 Å². The van der Waals surface area contributed by atoms with Crippen LogP contribution < -0.4 is 0 Å². The van der Waals surface area contributed by atoms with Crippen LogP contribution in [0.1, 0.15) is 24.7 Å². The van der Waals surface area contributed by atoms with Crippen molar-refractivity contribution < 1.29 is 29.1 Å². The normalized spacial score (nSPS) is 15.9. The number of rotatable bonds is 7. The molecule has 0 saturated carbocycles. The van der Waals surface area contributed by atoms with Crippen LogP contribution in [0.3, 0.4) is 0 Å². The van der Waals surface area contributed by atoms with Crippen LogP contribution in [0.15, 0.2) is 204 Å². The van der Waals surface area contributed by atoms with E-state index in [-0.39, 0.29) is 45.0 Å². The standard InChI is InChI=1S/C51H33N3O/c1-5-13-34(14-6-1)37-21-23-39(24-22-37)50-52-49(38-19-11-4-12-20-38)53-51(54-50)41-25-27-45-46-32-40(26-28-47(46)55-48(45)33-41)44-30-42(35-15-7-2-8-16-35)29-43(31-44)36-17-9-3-10-18-36/h1-33H/i2D,3D,7D,8D,9D,10D,15D,16D,17D,18D,25D,27D,28D,29D,30D,31D,32D,33D. The van der Waals surface area contributed by atoms with Crippen LogP contribution in [0.4, 0.5) is 0 Å². The molecule has 0 fully saturated rings. The molecule has 2 heterocycles. The first kappa shape index (κ1) is 18.6. The summed E-state index contributed by atoms with van der Waals surface area (Å²) in [4.78, 5) is 14.2. The van der Waals surface area contributed by atoms with Crippen LogP contribution in [0.2, 0.25) is 0 Å². The highest BCUT2D eigenvalue weighted by atomic mass is 16.3. The van der Waals surface area contributed by atoms with Gasteiger partial charge in [-0.1, -0.05) is 157 Å². The van der Waals surface area contributed by atoms with Crippen molar-refractivity contribution in [1.82, 2.24) is 15.0 Å². The second-order valence-electron chi connectivity index (χ2n) is 12.2. The molecule has 55 heavy (non-hydrogen) atoms. The van der Waals surface area contributed by atoms with E-state index in [1.165, 1.54) is 0 Å². The van der Waals surface area contributed by atoms with E-state index in [9.17, 15) is 11.0 Å². The fourth-order valence-electron chi connectivity index (χ4n) is 6.06. The molecule has 0 atom stereocenters. The Labute approximate surface area is 344 Å². The third kappa shape index (κ3) is 6.36. The van der Waals surface area contributed by atoms with Crippen molar-refractivity contribution in [3.05, 3.63) is 200 Å². The van der Waals surface area contributed by atoms with E-state index >= 15 is 0 Å². The molecule has 0 amide bonds. The largest absolute Gasteiger partial charge is 0.456 e. The molecule has 0 spiro atoms. The molecule has 4 nitrogen and oxygen atoms in total. The lowest BCUT2D eigenvalue weighted by Gasteiger charge is -2.11. The van der Waals surface area contributed by atoms with Gasteiger partial charge in [0.05, 0.1) is 24.7 Å². The first-order valence-electron chi connectivity index (χ1n) is 26.0. The maximum Gasteiger partial charge on any atom is 0.164 e. The van der Waals surface area contributed by atoms with Gasteiger partial charge in [-0.05, 0) is 86.8 Å². The number of fused-ring (bicyclic) bond motifs is 3. The summed E-state index contributed by atoms with van der Waals surface area (Å²) >= 11 is 0. The summed E-state index contributed by atoms with van der Waals surface area (Å²) in [6.07, 6.45) is 0. The Morgan fingerprint density at radius 1 is 0.309 bits per heavy atom. The summed E-state index contributed by atoms with van der Waals surface area (Å²) in [5, 5.41) is -0.589. The van der Waals surface area contributed by atoms with Crippen LogP contribution in [0.5, 0.6) is 0 Å². The zero-order valence-electron chi connectivity index (χ0n) is 46.4. The van der Waals surface area contributed by atoms with Crippen LogP contribution in [-0.4, -0.2) is 15.0 Å². The van der Waals surface area contributed by atoms with E-state index in [4.69, 9.17) is 28.1 Å². The molecule has 0 N–H and O–H groups in total. The molecule has 0 saturated heterocycles. The summed E-state index contributed by atoms with van der Waals surface area (Å²) in [7, 11) is 0. The maximum atomic E-state index is 9.69. The van der Waals surface area contributed by atoms with Gasteiger partial charge in [0.1, 0.15) is 11.2 Å². The van der Waals surface area contributed by atoms with Crippen LogP contribution in [0, 0.1) is 0 Å². The van der Waals surface area contributed by atoms with E-state index in [2.05, 4.69) is 4.98 Å². The van der Waals surface area contributed by atoms with Gasteiger partial charge in [-0.3, -0.25) is 0 Å². The molecule has 10 rings (SSSR count). The van der Waals surface area contributed by atoms with Crippen molar-refractivity contribution in [1.29, 1.82) is 0 Å². The van der Waals surface area contributed by atoms with Crippen molar-refractivity contribution >= 4 is 21.9 Å². The number of hydrogen-bond donors (Lipinski definition) is 0. The summed E-state index contributed by atoms with van der Waals surface area (Å²) in [6, 6.07) is 13.2. The van der Waals surface area contributed by atoms with E-state index in [0.29, 0.717) is 11.1 Å². The van der Waals surface area contributed by atoms with Crippen molar-refractivity contribution in [3.63, 3.8) is 0 Å². The Morgan fingerprint density at radius 2 is 0.800 bits per heavy atom. The third-order valence-corrected chi connectivity index (χ3v) is 8.73. The lowest BCUT2D eigenvalue weighted by atomic mass is 9.93. The molecule has 0 aliphatic carbocycles. The predicted molar refractivity (Wildman–Crippen MR) is 225 cm³/mol. The molecule has 258 valence electrons. The van der Waals surface area contributed by atoms with Crippen molar-refractivity contribution in [2.45, 2.75) is 0 Å². The minimum Gasteiger partial charge on any atom is -0.456 e. The van der Waals surface area contributed by atoms with Gasteiger partial charge in [-0.2, -0.15) is 0 Å². The van der Waals surface area contributed by atoms with Gasteiger partial charge in [-0.15, -0.1) is 0 Å². The van der Waals surface area contributed by atoms with E-state index in [1.54, 1.807) is 24.3 Å². The highest BCUT2D eigenvalue weighted by Crippen LogP contribution is 2.38. The van der Waals surface area contributed by atoms with Gasteiger partial charge < -0.3 is 4.42 Å². The van der Waals surface area contributed by atoms with Crippen molar-refractivity contribution in [2.24, 2.45) is 0 Å². The molecule has 10 aromatic rings. The highest BCUT2D eigenvalue weighted by Gasteiger charge is 2.16. The molecular weight excluding hydrogens is 671 g/mol. The molecule has 0 radical (unpaired) electrons. The predicted octanol–water partition coefficient (Wildman–Crippen LogP) is 13.4. The average molecular weight is 722 g/mol. The average Bonchev–Trinajstić information content (AvgIpc) is 3.82. The molecular formula is C51H33N3O. The number of furan rings is 1. The van der Waals surface area contributed by atoms with Crippen LogP contribution in [-0.2, 0) is 0 Å². The first-order valence-corrected chi connectivity index (χ1v) is 17.0. The second kappa shape index (κ2) is 13.8. The van der Waals surface area contributed by atoms with Gasteiger partial charge in [0.15, 0.2) is 17.5 Å². The summed E-state index contributed by atoms with van der Waals surface area (Å²) in [6.45, 7) is 0.